The van der Waals surface area contributed by atoms with Gasteiger partial charge in [-0.25, -0.2) is 9.78 Å². The van der Waals surface area contributed by atoms with Crippen molar-refractivity contribution >= 4 is 17.5 Å². The Hall–Kier alpha value is -2.91. The first-order valence-electron chi connectivity index (χ1n) is 12.3. The Morgan fingerprint density at radius 1 is 1.12 bits per heavy atom. The maximum atomic E-state index is 11.9. The molecule has 9 heteroatoms. The average Bonchev–Trinajstić information content (AvgIpc) is 3.63. The number of morpholine rings is 1. The lowest BCUT2D eigenvalue weighted by molar-refractivity contribution is 0.121. The van der Waals surface area contributed by atoms with E-state index in [4.69, 9.17) is 24.5 Å². The van der Waals surface area contributed by atoms with Gasteiger partial charge in [-0.2, -0.15) is 4.98 Å². The largest absolute Gasteiger partial charge is 0.471 e. The van der Waals surface area contributed by atoms with E-state index in [-0.39, 0.29) is 18.2 Å². The molecule has 1 saturated heterocycles. The van der Waals surface area contributed by atoms with Gasteiger partial charge in [0.1, 0.15) is 11.4 Å². The minimum atomic E-state index is -0.297. The summed E-state index contributed by atoms with van der Waals surface area (Å²) >= 11 is 0. The topological polar surface area (TPSA) is 109 Å². The van der Waals surface area contributed by atoms with Crippen molar-refractivity contribution in [3.63, 3.8) is 0 Å². The fourth-order valence-electron chi connectivity index (χ4n) is 4.18. The van der Waals surface area contributed by atoms with Gasteiger partial charge in [-0.3, -0.25) is 0 Å². The van der Waals surface area contributed by atoms with Crippen LogP contribution in [0.2, 0.25) is 0 Å². The van der Waals surface area contributed by atoms with Crippen LogP contribution in [0.3, 0.4) is 0 Å². The number of aliphatic hydroxyl groups is 1. The molecule has 0 unspecified atom stereocenters. The molecule has 0 atom stereocenters. The number of carbonyl (C=O) groups excluding carboxylic acids is 1. The number of rotatable bonds is 6. The van der Waals surface area contributed by atoms with Crippen LogP contribution in [0.4, 0.5) is 16.3 Å². The highest BCUT2D eigenvalue weighted by Crippen LogP contribution is 2.49. The van der Waals surface area contributed by atoms with Crippen LogP contribution < -0.4 is 20.3 Å². The van der Waals surface area contributed by atoms with E-state index in [1.807, 2.05) is 38.1 Å². The maximum Gasteiger partial charge on any atom is 0.319 e. The lowest BCUT2D eigenvalue weighted by Gasteiger charge is -2.33. The van der Waals surface area contributed by atoms with Crippen LogP contribution in [0.5, 0.6) is 5.88 Å². The van der Waals surface area contributed by atoms with E-state index in [0.29, 0.717) is 43.6 Å². The summed E-state index contributed by atoms with van der Waals surface area (Å²) in [6.07, 6.45) is 4.69. The first-order valence-corrected chi connectivity index (χ1v) is 12.3. The Balaban J connectivity index is 0.00000133. The number of ether oxygens (including phenoxy) is 2. The van der Waals surface area contributed by atoms with Gasteiger partial charge in [-0.1, -0.05) is 13.8 Å². The number of anilines is 2. The van der Waals surface area contributed by atoms with Gasteiger partial charge in [0.2, 0.25) is 5.88 Å². The van der Waals surface area contributed by atoms with E-state index < -0.39 is 0 Å². The number of urea groups is 1. The van der Waals surface area contributed by atoms with E-state index in [2.05, 4.69) is 15.5 Å². The predicted molar refractivity (Wildman–Crippen MR) is 131 cm³/mol. The average molecular weight is 470 g/mol. The SMILES string of the molecule is CC.O=C(NCCCO)Nc1ccc(-c2nc3c(c(N4CCOCC4)n2)CCC2(CC2)O3)cc1. The van der Waals surface area contributed by atoms with Crippen LogP contribution in [-0.4, -0.2) is 66.2 Å². The van der Waals surface area contributed by atoms with Crippen LogP contribution in [-0.2, 0) is 11.2 Å². The molecule has 0 radical (unpaired) electrons. The van der Waals surface area contributed by atoms with Crippen LogP contribution in [0.15, 0.2) is 24.3 Å². The number of nitrogens with zero attached hydrogens (tertiary/aromatic N) is 3. The van der Waals surface area contributed by atoms with Crippen molar-refractivity contribution < 1.29 is 19.4 Å². The summed E-state index contributed by atoms with van der Waals surface area (Å²) in [5, 5.41) is 14.3. The highest BCUT2D eigenvalue weighted by atomic mass is 16.5. The summed E-state index contributed by atoms with van der Waals surface area (Å²) in [6, 6.07) is 7.19. The van der Waals surface area contributed by atoms with Crippen LogP contribution in [0.25, 0.3) is 11.4 Å². The Bertz CT molecular complexity index is 972. The lowest BCUT2D eigenvalue weighted by atomic mass is 10.0. The van der Waals surface area contributed by atoms with Crippen LogP contribution in [0.1, 0.15) is 45.1 Å². The number of hydrogen-bond donors (Lipinski definition) is 3. The van der Waals surface area contributed by atoms with Gasteiger partial charge >= 0.3 is 6.03 Å². The number of aliphatic hydroxyl groups excluding tert-OH is 1. The summed E-state index contributed by atoms with van der Waals surface area (Å²) in [4.78, 5) is 23.9. The van der Waals surface area contributed by atoms with Crippen molar-refractivity contribution in [3.05, 3.63) is 29.8 Å². The fraction of sp³-hybridized carbons (Fsp3) is 0.560. The number of nitrogens with one attached hydrogen (secondary N) is 2. The van der Waals surface area contributed by atoms with Crippen molar-refractivity contribution in [3.8, 4) is 17.3 Å². The summed E-state index contributed by atoms with van der Waals surface area (Å²) in [5.41, 5.74) is 2.63. The van der Waals surface area contributed by atoms with Gasteiger partial charge in [-0.15, -0.1) is 0 Å². The molecule has 1 aromatic carbocycles. The number of hydrogen-bond acceptors (Lipinski definition) is 7. The Morgan fingerprint density at radius 2 is 1.85 bits per heavy atom. The van der Waals surface area contributed by atoms with E-state index in [0.717, 1.165) is 55.7 Å². The molecule has 34 heavy (non-hydrogen) atoms. The molecule has 2 fully saturated rings. The molecule has 2 aliphatic heterocycles. The summed E-state index contributed by atoms with van der Waals surface area (Å²) < 4.78 is 11.9. The Morgan fingerprint density at radius 3 is 2.53 bits per heavy atom. The molecule has 9 nitrogen and oxygen atoms in total. The quantitative estimate of drug-likeness (QED) is 0.557. The zero-order valence-electron chi connectivity index (χ0n) is 20.1. The van der Waals surface area contributed by atoms with Crippen molar-refractivity contribution in [1.29, 1.82) is 0 Å². The standard InChI is InChI=1S/C23H29N5O4.C2H6/c29-13-1-10-24-22(30)25-17-4-2-16(3-5-17)19-26-20(28-11-14-31-15-12-28)18-6-7-23(8-9-23)32-21(18)27-19;1-2/h2-5,29H,1,6-15H2,(H2,24,25,30);1-2H3. The van der Waals surface area contributed by atoms with Crippen molar-refractivity contribution in [2.45, 2.75) is 51.6 Å². The van der Waals surface area contributed by atoms with Gasteiger partial charge in [0.15, 0.2) is 5.82 Å². The monoisotopic (exact) mass is 469 g/mol. The number of aromatic nitrogens is 2. The zero-order chi connectivity index (χ0) is 24.0. The number of fused-ring (bicyclic) bond motifs is 1. The molecule has 0 bridgehead atoms. The van der Waals surface area contributed by atoms with E-state index in [9.17, 15) is 4.79 Å². The third kappa shape index (κ3) is 5.59. The molecule has 1 aliphatic carbocycles. The molecule has 1 saturated carbocycles. The number of carbonyl (C=O) groups is 1. The molecule has 184 valence electrons. The van der Waals surface area contributed by atoms with Crippen molar-refractivity contribution in [1.82, 2.24) is 15.3 Å². The second kappa shape index (κ2) is 11.0. The van der Waals surface area contributed by atoms with E-state index in [1.54, 1.807) is 0 Å². The van der Waals surface area contributed by atoms with Crippen molar-refractivity contribution in [2.24, 2.45) is 0 Å². The van der Waals surface area contributed by atoms with Gasteiger partial charge in [0.05, 0.1) is 18.8 Å². The lowest BCUT2D eigenvalue weighted by Crippen LogP contribution is -2.38. The summed E-state index contributed by atoms with van der Waals surface area (Å²) in [6.45, 7) is 7.48. The molecule has 3 aliphatic rings. The zero-order valence-corrected chi connectivity index (χ0v) is 20.1. The molecule has 1 spiro atoms. The predicted octanol–water partition coefficient (Wildman–Crippen LogP) is 3.37. The van der Waals surface area contributed by atoms with Gasteiger partial charge in [0.25, 0.3) is 0 Å². The molecular formula is C25H35N5O4. The second-order valence-electron chi connectivity index (χ2n) is 8.57. The second-order valence-corrected chi connectivity index (χ2v) is 8.57. The smallest absolute Gasteiger partial charge is 0.319 e. The molecular weight excluding hydrogens is 434 g/mol. The van der Waals surface area contributed by atoms with E-state index in [1.165, 1.54) is 0 Å². The van der Waals surface area contributed by atoms with Gasteiger partial charge < -0.3 is 30.1 Å². The fourth-order valence-corrected chi connectivity index (χ4v) is 4.18. The Kier molecular flexibility index (Phi) is 7.84. The highest BCUT2D eigenvalue weighted by molar-refractivity contribution is 5.89. The maximum absolute atomic E-state index is 11.9. The first-order chi connectivity index (χ1) is 16.7. The van der Waals surface area contributed by atoms with Gasteiger partial charge in [0, 0.05) is 37.5 Å². The Labute approximate surface area is 200 Å². The van der Waals surface area contributed by atoms with E-state index >= 15 is 0 Å². The molecule has 5 rings (SSSR count). The molecule has 3 N–H and O–H groups in total. The highest BCUT2D eigenvalue weighted by Gasteiger charge is 2.48. The van der Waals surface area contributed by atoms with Crippen molar-refractivity contribution in [2.75, 3.05) is 49.7 Å². The molecule has 3 heterocycles. The van der Waals surface area contributed by atoms with Crippen LogP contribution in [0, 0.1) is 0 Å². The summed E-state index contributed by atoms with van der Waals surface area (Å²) in [5.74, 6) is 2.29. The molecule has 2 amide bonds. The first kappa shape index (κ1) is 24.2. The molecule has 2 aromatic rings. The number of amides is 2. The van der Waals surface area contributed by atoms with Gasteiger partial charge in [-0.05, 0) is 56.4 Å². The number of benzene rings is 1. The third-order valence-corrected chi connectivity index (χ3v) is 6.23. The minimum Gasteiger partial charge on any atom is -0.471 e. The van der Waals surface area contributed by atoms with Crippen LogP contribution >= 0.6 is 0 Å². The normalized spacial score (nSPS) is 17.7. The third-order valence-electron chi connectivity index (χ3n) is 6.23. The molecule has 1 aromatic heterocycles. The minimum absolute atomic E-state index is 0.0158. The summed E-state index contributed by atoms with van der Waals surface area (Å²) in [7, 11) is 0.